The average Bonchev–Trinajstić information content (AvgIpc) is 2.08. The second kappa shape index (κ2) is 3.85. The largest absolute Gasteiger partial charge is 0.478 e. The van der Waals surface area contributed by atoms with E-state index < -0.39 is 11.8 Å². The van der Waals surface area contributed by atoms with Crippen molar-refractivity contribution in [2.75, 3.05) is 0 Å². The Morgan fingerprint density at radius 1 is 1.54 bits per heavy atom. The molecule has 0 amide bonds. The van der Waals surface area contributed by atoms with Crippen LogP contribution < -0.4 is 0 Å². The van der Waals surface area contributed by atoms with Crippen molar-refractivity contribution in [1.82, 2.24) is 0 Å². The van der Waals surface area contributed by atoms with E-state index in [9.17, 15) is 9.18 Å². The summed E-state index contributed by atoms with van der Waals surface area (Å²) in [6, 6.07) is 3.99. The first kappa shape index (κ1) is 9.45. The molecular formula is C10H9FO2. The number of halogens is 1. The normalized spacial score (nSPS) is 10.6. The molecule has 0 atom stereocenters. The highest BCUT2D eigenvalue weighted by Crippen LogP contribution is 2.15. The topological polar surface area (TPSA) is 37.3 Å². The third-order valence-electron chi connectivity index (χ3n) is 1.62. The Labute approximate surface area is 75.3 Å². The van der Waals surface area contributed by atoms with Crippen molar-refractivity contribution in [3.63, 3.8) is 0 Å². The molecule has 2 nitrogen and oxygen atoms in total. The number of aromatic carboxylic acids is 1. The zero-order valence-corrected chi connectivity index (χ0v) is 7.12. The Balaban J connectivity index is 3.33. The van der Waals surface area contributed by atoms with E-state index >= 15 is 0 Å². The third kappa shape index (κ3) is 1.93. The van der Waals surface area contributed by atoms with E-state index in [1.54, 1.807) is 13.0 Å². The van der Waals surface area contributed by atoms with E-state index in [0.29, 0.717) is 0 Å². The van der Waals surface area contributed by atoms with E-state index in [-0.39, 0.29) is 11.1 Å². The van der Waals surface area contributed by atoms with Gasteiger partial charge in [-0.15, -0.1) is 0 Å². The predicted octanol–water partition coefficient (Wildman–Crippen LogP) is 2.56. The van der Waals surface area contributed by atoms with Crippen molar-refractivity contribution in [3.05, 3.63) is 41.2 Å². The zero-order chi connectivity index (χ0) is 9.84. The van der Waals surface area contributed by atoms with Crippen molar-refractivity contribution in [1.29, 1.82) is 0 Å². The number of benzene rings is 1. The molecule has 0 aliphatic rings. The zero-order valence-electron chi connectivity index (χ0n) is 7.12. The van der Waals surface area contributed by atoms with Gasteiger partial charge < -0.3 is 5.11 Å². The minimum Gasteiger partial charge on any atom is -0.478 e. The molecule has 68 valence electrons. The van der Waals surface area contributed by atoms with Gasteiger partial charge >= 0.3 is 5.97 Å². The second-order valence-electron chi connectivity index (χ2n) is 2.51. The summed E-state index contributed by atoms with van der Waals surface area (Å²) in [5, 5.41) is 8.72. The molecule has 1 aromatic carbocycles. The molecule has 0 bridgehead atoms. The van der Waals surface area contributed by atoms with Crippen LogP contribution >= 0.6 is 0 Å². The fourth-order valence-electron chi connectivity index (χ4n) is 1.06. The minimum atomic E-state index is -1.12. The van der Waals surface area contributed by atoms with Gasteiger partial charge in [0.05, 0.1) is 5.56 Å². The van der Waals surface area contributed by atoms with Gasteiger partial charge in [0.25, 0.3) is 0 Å². The molecule has 1 aromatic rings. The lowest BCUT2D eigenvalue weighted by Gasteiger charge is -2.01. The minimum absolute atomic E-state index is 0.0156. The Kier molecular flexibility index (Phi) is 2.80. The Morgan fingerprint density at radius 2 is 2.23 bits per heavy atom. The molecule has 0 unspecified atom stereocenters. The van der Waals surface area contributed by atoms with E-state index in [1.165, 1.54) is 24.3 Å². The number of rotatable bonds is 2. The lowest BCUT2D eigenvalue weighted by molar-refractivity contribution is 0.0696. The molecule has 3 heteroatoms. The van der Waals surface area contributed by atoms with E-state index in [2.05, 4.69) is 0 Å². The van der Waals surface area contributed by atoms with Gasteiger partial charge in [-0.25, -0.2) is 9.18 Å². The third-order valence-corrected chi connectivity index (χ3v) is 1.62. The monoisotopic (exact) mass is 180 g/mol. The van der Waals surface area contributed by atoms with Gasteiger partial charge in [0, 0.05) is 5.56 Å². The molecule has 0 fully saturated rings. The molecule has 0 saturated heterocycles. The molecule has 0 aliphatic carbocycles. The second-order valence-corrected chi connectivity index (χ2v) is 2.51. The summed E-state index contributed by atoms with van der Waals surface area (Å²) in [5.74, 6) is -1.63. The van der Waals surface area contributed by atoms with E-state index in [4.69, 9.17) is 5.11 Å². The van der Waals surface area contributed by atoms with E-state index in [0.717, 1.165) is 0 Å². The number of allylic oxidation sites excluding steroid dienone is 1. The first-order chi connectivity index (χ1) is 6.16. The van der Waals surface area contributed by atoms with Gasteiger partial charge in [0.2, 0.25) is 0 Å². The number of hydrogen-bond donors (Lipinski definition) is 1. The smallest absolute Gasteiger partial charge is 0.336 e. The van der Waals surface area contributed by atoms with Gasteiger partial charge in [-0.3, -0.25) is 0 Å². The van der Waals surface area contributed by atoms with Gasteiger partial charge in [0.1, 0.15) is 5.82 Å². The highest BCUT2D eigenvalue weighted by Gasteiger charge is 2.10. The molecule has 0 heterocycles. The molecule has 0 radical (unpaired) electrons. The molecule has 1 rings (SSSR count). The summed E-state index contributed by atoms with van der Waals surface area (Å²) in [5.41, 5.74) is 0.107. The van der Waals surface area contributed by atoms with Crippen LogP contribution in [0.15, 0.2) is 24.3 Å². The van der Waals surface area contributed by atoms with Crippen molar-refractivity contribution < 1.29 is 14.3 Å². The summed E-state index contributed by atoms with van der Waals surface area (Å²) in [7, 11) is 0. The maximum Gasteiger partial charge on any atom is 0.336 e. The van der Waals surface area contributed by atoms with Crippen LogP contribution in [0, 0.1) is 5.82 Å². The Bertz CT molecular complexity index is 356. The lowest BCUT2D eigenvalue weighted by Crippen LogP contribution is -2.01. The predicted molar refractivity (Wildman–Crippen MR) is 48.1 cm³/mol. The summed E-state index contributed by atoms with van der Waals surface area (Å²) < 4.78 is 13.1. The summed E-state index contributed by atoms with van der Waals surface area (Å²) >= 11 is 0. The van der Waals surface area contributed by atoms with Gasteiger partial charge in [-0.1, -0.05) is 18.2 Å². The van der Waals surface area contributed by atoms with Crippen LogP contribution in [0.5, 0.6) is 0 Å². The van der Waals surface area contributed by atoms with Crippen molar-refractivity contribution in [2.45, 2.75) is 6.92 Å². The first-order valence-corrected chi connectivity index (χ1v) is 3.81. The number of carbonyl (C=O) groups is 1. The van der Waals surface area contributed by atoms with Crippen LogP contribution in [-0.2, 0) is 0 Å². The molecular weight excluding hydrogens is 171 g/mol. The Hall–Kier alpha value is -1.64. The van der Waals surface area contributed by atoms with E-state index in [1.807, 2.05) is 0 Å². The maximum absolute atomic E-state index is 13.1. The van der Waals surface area contributed by atoms with Gasteiger partial charge in [-0.05, 0) is 19.1 Å². The highest BCUT2D eigenvalue weighted by atomic mass is 19.1. The summed E-state index contributed by atoms with van der Waals surface area (Å²) in [6.07, 6.45) is 3.05. The lowest BCUT2D eigenvalue weighted by atomic mass is 10.1. The molecule has 0 aromatic heterocycles. The molecule has 0 saturated carbocycles. The van der Waals surface area contributed by atoms with Crippen molar-refractivity contribution >= 4 is 12.0 Å². The fourth-order valence-corrected chi connectivity index (χ4v) is 1.06. The van der Waals surface area contributed by atoms with Crippen LogP contribution in [-0.4, -0.2) is 11.1 Å². The number of carboxylic acids is 1. The fraction of sp³-hybridized carbons (Fsp3) is 0.100. The average molecular weight is 180 g/mol. The van der Waals surface area contributed by atoms with Crippen LogP contribution in [0.3, 0.4) is 0 Å². The van der Waals surface area contributed by atoms with Gasteiger partial charge in [-0.2, -0.15) is 0 Å². The molecule has 0 aliphatic heterocycles. The van der Waals surface area contributed by atoms with Crippen molar-refractivity contribution in [2.24, 2.45) is 0 Å². The van der Waals surface area contributed by atoms with Crippen LogP contribution in [0.1, 0.15) is 22.8 Å². The number of hydrogen-bond acceptors (Lipinski definition) is 1. The molecule has 1 N–H and O–H groups in total. The van der Waals surface area contributed by atoms with Crippen molar-refractivity contribution in [3.8, 4) is 0 Å². The number of carboxylic acid groups (broad SMARTS) is 1. The first-order valence-electron chi connectivity index (χ1n) is 3.81. The van der Waals surface area contributed by atoms with Crippen LogP contribution in [0.2, 0.25) is 0 Å². The molecule has 13 heavy (non-hydrogen) atoms. The maximum atomic E-state index is 13.1. The summed E-state index contributed by atoms with van der Waals surface area (Å²) in [6.45, 7) is 1.71. The van der Waals surface area contributed by atoms with Crippen LogP contribution in [0.4, 0.5) is 4.39 Å². The Morgan fingerprint density at radius 3 is 2.77 bits per heavy atom. The summed E-state index contributed by atoms with van der Waals surface area (Å²) in [4.78, 5) is 10.6. The van der Waals surface area contributed by atoms with Crippen LogP contribution in [0.25, 0.3) is 6.08 Å². The SMILES string of the molecule is CC=Cc1c(F)cccc1C(=O)O. The molecule has 0 spiro atoms. The quantitative estimate of drug-likeness (QED) is 0.759. The highest BCUT2D eigenvalue weighted by molar-refractivity contribution is 5.92. The van der Waals surface area contributed by atoms with Gasteiger partial charge in [0.15, 0.2) is 0 Å². The standard InChI is InChI=1S/C10H9FO2/c1-2-4-7-8(10(12)13)5-3-6-9(7)11/h2-6H,1H3,(H,12,13).